The molecule has 5 heteroatoms. The summed E-state index contributed by atoms with van der Waals surface area (Å²) in [4.78, 5) is 2.48. The molecule has 1 saturated heterocycles. The normalized spacial score (nSPS) is 21.3. The minimum atomic E-state index is -0.296. The molecular weight excluding hydrogens is 298 g/mol. The lowest BCUT2D eigenvalue weighted by Crippen LogP contribution is -2.45. The molecule has 0 amide bonds. The highest BCUT2D eigenvalue weighted by molar-refractivity contribution is 6.30. The first-order chi connectivity index (χ1) is 9.24. The van der Waals surface area contributed by atoms with Crippen LogP contribution in [0, 0.1) is 11.7 Å². The van der Waals surface area contributed by atoms with E-state index in [9.17, 15) is 4.39 Å². The summed E-state index contributed by atoms with van der Waals surface area (Å²) in [5, 5.41) is 3.59. The summed E-state index contributed by atoms with van der Waals surface area (Å²) in [6.45, 7) is 4.14. The Balaban J connectivity index is 0.00000147. The van der Waals surface area contributed by atoms with E-state index in [0.29, 0.717) is 6.04 Å². The Morgan fingerprint density at radius 1 is 1.30 bits per heavy atom. The van der Waals surface area contributed by atoms with Crippen molar-refractivity contribution in [2.75, 3.05) is 26.2 Å². The summed E-state index contributed by atoms with van der Waals surface area (Å²) in [6.07, 6.45) is 3.82. The third-order valence-corrected chi connectivity index (χ3v) is 4.48. The molecule has 2 fully saturated rings. The summed E-state index contributed by atoms with van der Waals surface area (Å²) < 4.78 is 13.7. The van der Waals surface area contributed by atoms with Crippen LogP contribution in [0.1, 0.15) is 30.9 Å². The fourth-order valence-electron chi connectivity index (χ4n) is 2.88. The summed E-state index contributed by atoms with van der Waals surface area (Å²) in [7, 11) is 0. The maximum Gasteiger partial charge on any atom is 0.142 e. The molecular formula is C15H21Cl2FN2. The summed E-state index contributed by atoms with van der Waals surface area (Å²) in [6, 6.07) is 5.65. The molecule has 1 aliphatic heterocycles. The summed E-state index contributed by atoms with van der Waals surface area (Å²) in [5.41, 5.74) is 1.08. The quantitative estimate of drug-likeness (QED) is 0.911. The van der Waals surface area contributed by atoms with Gasteiger partial charge in [0.25, 0.3) is 0 Å². The second kappa shape index (κ2) is 7.08. The molecule has 112 valence electrons. The molecule has 1 aromatic carbocycles. The Hall–Kier alpha value is -0.350. The molecule has 1 N–H and O–H groups in total. The molecule has 3 rings (SSSR count). The van der Waals surface area contributed by atoms with Crippen molar-refractivity contribution in [2.45, 2.75) is 25.3 Å². The van der Waals surface area contributed by atoms with E-state index in [0.717, 1.165) is 44.1 Å². The smallest absolute Gasteiger partial charge is 0.142 e. The van der Waals surface area contributed by atoms with Crippen LogP contribution in [-0.4, -0.2) is 31.1 Å². The van der Waals surface area contributed by atoms with Crippen LogP contribution in [0.25, 0.3) is 0 Å². The minimum Gasteiger partial charge on any atom is -0.314 e. The zero-order valence-electron chi connectivity index (χ0n) is 11.4. The molecule has 1 aromatic rings. The van der Waals surface area contributed by atoms with Gasteiger partial charge in [0, 0.05) is 32.2 Å². The Kier molecular flexibility index (Phi) is 5.67. The van der Waals surface area contributed by atoms with Gasteiger partial charge >= 0.3 is 0 Å². The van der Waals surface area contributed by atoms with Crippen LogP contribution < -0.4 is 5.32 Å². The molecule has 1 aliphatic carbocycles. The van der Waals surface area contributed by atoms with Crippen molar-refractivity contribution >= 4 is 24.0 Å². The number of nitrogens with one attached hydrogen (secondary N) is 1. The molecule has 2 nitrogen and oxygen atoms in total. The third kappa shape index (κ3) is 3.85. The predicted molar refractivity (Wildman–Crippen MR) is 83.2 cm³/mol. The molecule has 1 saturated carbocycles. The zero-order chi connectivity index (χ0) is 13.2. The number of rotatable bonds is 4. The van der Waals surface area contributed by atoms with Crippen molar-refractivity contribution in [2.24, 2.45) is 5.92 Å². The number of hydrogen-bond acceptors (Lipinski definition) is 2. The highest BCUT2D eigenvalue weighted by Gasteiger charge is 2.30. The molecule has 20 heavy (non-hydrogen) atoms. The largest absolute Gasteiger partial charge is 0.314 e. The van der Waals surface area contributed by atoms with E-state index in [1.165, 1.54) is 12.8 Å². The van der Waals surface area contributed by atoms with Gasteiger partial charge in [-0.15, -0.1) is 12.4 Å². The summed E-state index contributed by atoms with van der Waals surface area (Å²) in [5.74, 6) is 0.536. The molecule has 0 unspecified atom stereocenters. The SMILES string of the molecule is Cl.Fc1cc([C@@H](CC2CC2)N2CCNCC2)ccc1Cl. The van der Waals surface area contributed by atoms with Crippen molar-refractivity contribution in [1.82, 2.24) is 10.2 Å². The fraction of sp³-hybridized carbons (Fsp3) is 0.600. The van der Waals surface area contributed by atoms with Crippen LogP contribution in [0.5, 0.6) is 0 Å². The standard InChI is InChI=1S/C15H20ClFN2.ClH/c16-13-4-3-12(10-14(13)17)15(9-11-1-2-11)19-7-5-18-6-8-19;/h3-4,10-11,15,18H,1-2,5-9H2;1H/t15-;/m1./s1. The van der Waals surface area contributed by atoms with Gasteiger partial charge < -0.3 is 5.32 Å². The van der Waals surface area contributed by atoms with E-state index in [1.807, 2.05) is 6.07 Å². The van der Waals surface area contributed by atoms with Crippen LogP contribution >= 0.6 is 24.0 Å². The van der Waals surface area contributed by atoms with Crippen molar-refractivity contribution in [3.63, 3.8) is 0 Å². The molecule has 0 radical (unpaired) electrons. The van der Waals surface area contributed by atoms with Gasteiger partial charge in [0.15, 0.2) is 0 Å². The van der Waals surface area contributed by atoms with E-state index in [-0.39, 0.29) is 23.2 Å². The summed E-state index contributed by atoms with van der Waals surface area (Å²) >= 11 is 5.79. The van der Waals surface area contributed by atoms with Gasteiger partial charge in [-0.05, 0) is 30.0 Å². The third-order valence-electron chi connectivity index (χ3n) is 4.17. The van der Waals surface area contributed by atoms with Crippen LogP contribution in [0.4, 0.5) is 4.39 Å². The van der Waals surface area contributed by atoms with Gasteiger partial charge in [0.05, 0.1) is 5.02 Å². The van der Waals surface area contributed by atoms with E-state index in [4.69, 9.17) is 11.6 Å². The number of benzene rings is 1. The van der Waals surface area contributed by atoms with E-state index >= 15 is 0 Å². The zero-order valence-corrected chi connectivity index (χ0v) is 13.0. The second-order valence-corrected chi connectivity index (χ2v) is 6.06. The van der Waals surface area contributed by atoms with Crippen molar-refractivity contribution in [1.29, 1.82) is 0 Å². The number of hydrogen-bond donors (Lipinski definition) is 1. The Labute approximate surface area is 131 Å². The molecule has 0 bridgehead atoms. The van der Waals surface area contributed by atoms with Gasteiger partial charge in [-0.2, -0.15) is 0 Å². The molecule has 2 aliphatic rings. The van der Waals surface area contributed by atoms with Gasteiger partial charge in [-0.1, -0.05) is 30.5 Å². The lowest BCUT2D eigenvalue weighted by molar-refractivity contribution is 0.160. The number of halogens is 3. The predicted octanol–water partition coefficient (Wildman–Crippen LogP) is 3.65. The van der Waals surface area contributed by atoms with Crippen LogP contribution in [0.2, 0.25) is 5.02 Å². The first kappa shape index (κ1) is 16.0. The van der Waals surface area contributed by atoms with E-state index in [2.05, 4.69) is 10.2 Å². The van der Waals surface area contributed by atoms with Gasteiger partial charge in [0.2, 0.25) is 0 Å². The minimum absolute atomic E-state index is 0. The van der Waals surface area contributed by atoms with Crippen LogP contribution in [0.3, 0.4) is 0 Å². The number of nitrogens with zero attached hydrogens (tertiary/aromatic N) is 1. The van der Waals surface area contributed by atoms with Gasteiger partial charge in [-0.3, -0.25) is 4.90 Å². The Morgan fingerprint density at radius 3 is 2.60 bits per heavy atom. The first-order valence-electron chi connectivity index (χ1n) is 7.14. The second-order valence-electron chi connectivity index (χ2n) is 5.65. The maximum absolute atomic E-state index is 13.7. The highest BCUT2D eigenvalue weighted by Crippen LogP contribution is 2.40. The van der Waals surface area contributed by atoms with Gasteiger partial charge in [-0.25, -0.2) is 4.39 Å². The average Bonchev–Trinajstić information content (AvgIpc) is 3.24. The van der Waals surface area contributed by atoms with Crippen LogP contribution in [0.15, 0.2) is 18.2 Å². The van der Waals surface area contributed by atoms with Crippen molar-refractivity contribution in [3.05, 3.63) is 34.6 Å². The Bertz CT molecular complexity index is 445. The van der Waals surface area contributed by atoms with E-state index in [1.54, 1.807) is 12.1 Å². The van der Waals surface area contributed by atoms with E-state index < -0.39 is 0 Å². The van der Waals surface area contributed by atoms with Gasteiger partial charge in [0.1, 0.15) is 5.82 Å². The highest BCUT2D eigenvalue weighted by atomic mass is 35.5. The molecule has 1 heterocycles. The topological polar surface area (TPSA) is 15.3 Å². The molecule has 0 spiro atoms. The van der Waals surface area contributed by atoms with Crippen molar-refractivity contribution < 1.29 is 4.39 Å². The van der Waals surface area contributed by atoms with Crippen LogP contribution in [-0.2, 0) is 0 Å². The first-order valence-corrected chi connectivity index (χ1v) is 7.51. The molecule has 1 atom stereocenters. The maximum atomic E-state index is 13.7. The average molecular weight is 319 g/mol. The fourth-order valence-corrected chi connectivity index (χ4v) is 3.00. The van der Waals surface area contributed by atoms with Crippen molar-refractivity contribution in [3.8, 4) is 0 Å². The lowest BCUT2D eigenvalue weighted by atomic mass is 9.98. The molecule has 0 aromatic heterocycles. The number of piperazine rings is 1. The monoisotopic (exact) mass is 318 g/mol. The lowest BCUT2D eigenvalue weighted by Gasteiger charge is -2.35. The Morgan fingerprint density at radius 2 is 2.00 bits per heavy atom.